The lowest BCUT2D eigenvalue weighted by molar-refractivity contribution is 0.100. The Morgan fingerprint density at radius 1 is 1.60 bits per heavy atom. The Balaban J connectivity index is 2.26. The highest BCUT2D eigenvalue weighted by Gasteiger charge is 2.23. The minimum absolute atomic E-state index is 0.108. The molecule has 2 rings (SSSR count). The van der Waals surface area contributed by atoms with E-state index in [9.17, 15) is 4.79 Å². The SMILES string of the molecule is CC(=O)c1cnc2n1CCC(N(C)C)C2. The van der Waals surface area contributed by atoms with Gasteiger partial charge in [-0.3, -0.25) is 4.79 Å². The lowest BCUT2D eigenvalue weighted by atomic mass is 10.1. The fourth-order valence-electron chi connectivity index (χ4n) is 2.14. The fraction of sp³-hybridized carbons (Fsp3) is 0.636. The summed E-state index contributed by atoms with van der Waals surface area (Å²) in [4.78, 5) is 17.9. The maximum atomic E-state index is 11.3. The maximum Gasteiger partial charge on any atom is 0.177 e. The Labute approximate surface area is 89.9 Å². The predicted molar refractivity (Wildman–Crippen MR) is 58.0 cm³/mol. The molecule has 1 aliphatic heterocycles. The topological polar surface area (TPSA) is 38.1 Å². The lowest BCUT2D eigenvalue weighted by Gasteiger charge is -2.29. The minimum atomic E-state index is 0.108. The number of carbonyl (C=O) groups excluding carboxylic acids is 1. The minimum Gasteiger partial charge on any atom is -0.326 e. The van der Waals surface area contributed by atoms with Crippen molar-refractivity contribution in [3.8, 4) is 0 Å². The van der Waals surface area contributed by atoms with Crippen LogP contribution in [0.4, 0.5) is 0 Å². The van der Waals surface area contributed by atoms with Gasteiger partial charge < -0.3 is 9.47 Å². The molecule has 0 spiro atoms. The molecule has 4 heteroatoms. The monoisotopic (exact) mass is 207 g/mol. The van der Waals surface area contributed by atoms with Gasteiger partial charge in [-0.1, -0.05) is 0 Å². The van der Waals surface area contributed by atoms with Gasteiger partial charge in [0, 0.05) is 25.9 Å². The van der Waals surface area contributed by atoms with E-state index in [0.717, 1.165) is 30.9 Å². The lowest BCUT2D eigenvalue weighted by Crippen LogP contribution is -2.36. The number of imidazole rings is 1. The Morgan fingerprint density at radius 3 is 2.93 bits per heavy atom. The van der Waals surface area contributed by atoms with Gasteiger partial charge in [-0.2, -0.15) is 0 Å². The summed E-state index contributed by atoms with van der Waals surface area (Å²) >= 11 is 0. The normalized spacial score (nSPS) is 20.4. The molecule has 0 bridgehead atoms. The first-order chi connectivity index (χ1) is 7.09. The molecular weight excluding hydrogens is 190 g/mol. The first-order valence-electron chi connectivity index (χ1n) is 5.31. The molecule has 0 radical (unpaired) electrons. The Hall–Kier alpha value is -1.16. The standard InChI is InChI=1S/C11H17N3O/c1-8(15)10-7-12-11-6-9(13(2)3)4-5-14(10)11/h7,9H,4-6H2,1-3H3. The van der Waals surface area contributed by atoms with Crippen LogP contribution in [0.1, 0.15) is 29.7 Å². The van der Waals surface area contributed by atoms with E-state index in [4.69, 9.17) is 0 Å². The summed E-state index contributed by atoms with van der Waals surface area (Å²) < 4.78 is 2.06. The number of hydrogen-bond donors (Lipinski definition) is 0. The second kappa shape index (κ2) is 3.77. The van der Waals surface area contributed by atoms with Gasteiger partial charge in [0.05, 0.1) is 6.20 Å². The summed E-state index contributed by atoms with van der Waals surface area (Å²) in [5.41, 5.74) is 0.752. The number of nitrogens with zero attached hydrogens (tertiary/aromatic N) is 3. The van der Waals surface area contributed by atoms with Crippen molar-refractivity contribution >= 4 is 5.78 Å². The largest absolute Gasteiger partial charge is 0.326 e. The van der Waals surface area contributed by atoms with Crippen molar-refractivity contribution in [2.45, 2.75) is 32.4 Å². The van der Waals surface area contributed by atoms with Crippen LogP contribution in [0.3, 0.4) is 0 Å². The van der Waals surface area contributed by atoms with E-state index >= 15 is 0 Å². The number of hydrogen-bond acceptors (Lipinski definition) is 3. The molecule has 1 aromatic rings. The number of rotatable bonds is 2. The number of carbonyl (C=O) groups is 1. The molecule has 2 heterocycles. The van der Waals surface area contributed by atoms with Crippen molar-refractivity contribution in [1.29, 1.82) is 0 Å². The Bertz CT molecular complexity index is 381. The molecule has 0 fully saturated rings. The van der Waals surface area contributed by atoms with Crippen molar-refractivity contribution in [2.75, 3.05) is 14.1 Å². The van der Waals surface area contributed by atoms with Crippen LogP contribution in [0.25, 0.3) is 0 Å². The maximum absolute atomic E-state index is 11.3. The third kappa shape index (κ3) is 1.81. The first kappa shape index (κ1) is 10.4. The summed E-state index contributed by atoms with van der Waals surface area (Å²) in [6.45, 7) is 2.51. The van der Waals surface area contributed by atoms with Crippen molar-refractivity contribution in [2.24, 2.45) is 0 Å². The van der Waals surface area contributed by atoms with Crippen LogP contribution in [-0.2, 0) is 13.0 Å². The van der Waals surface area contributed by atoms with Gasteiger partial charge in [0.15, 0.2) is 5.78 Å². The molecule has 15 heavy (non-hydrogen) atoms. The Morgan fingerprint density at radius 2 is 2.33 bits per heavy atom. The highest BCUT2D eigenvalue weighted by atomic mass is 16.1. The number of Topliss-reactive ketones (excluding diaryl/α,β-unsaturated/α-hetero) is 1. The van der Waals surface area contributed by atoms with E-state index in [1.54, 1.807) is 13.1 Å². The van der Waals surface area contributed by atoms with Gasteiger partial charge in [0.2, 0.25) is 0 Å². The van der Waals surface area contributed by atoms with E-state index in [1.807, 2.05) is 0 Å². The molecular formula is C11H17N3O. The second-order valence-electron chi connectivity index (χ2n) is 4.38. The molecule has 82 valence electrons. The Kier molecular flexibility index (Phi) is 2.61. The summed E-state index contributed by atoms with van der Waals surface area (Å²) in [6.07, 6.45) is 3.74. The smallest absolute Gasteiger partial charge is 0.177 e. The van der Waals surface area contributed by atoms with Gasteiger partial charge in [0.1, 0.15) is 11.5 Å². The van der Waals surface area contributed by atoms with Gasteiger partial charge >= 0.3 is 0 Å². The van der Waals surface area contributed by atoms with E-state index < -0.39 is 0 Å². The van der Waals surface area contributed by atoms with Crippen molar-refractivity contribution in [3.63, 3.8) is 0 Å². The van der Waals surface area contributed by atoms with E-state index in [2.05, 4.69) is 28.5 Å². The third-order valence-electron chi connectivity index (χ3n) is 3.13. The zero-order valence-electron chi connectivity index (χ0n) is 9.53. The van der Waals surface area contributed by atoms with E-state index in [-0.39, 0.29) is 5.78 Å². The van der Waals surface area contributed by atoms with Gasteiger partial charge in [-0.25, -0.2) is 4.98 Å². The number of likely N-dealkylation sites (N-methyl/N-ethyl adjacent to an activating group) is 1. The average molecular weight is 207 g/mol. The summed E-state index contributed by atoms with van der Waals surface area (Å²) in [6, 6.07) is 0.555. The van der Waals surface area contributed by atoms with Crippen molar-refractivity contribution < 1.29 is 4.79 Å². The number of ketones is 1. The average Bonchev–Trinajstić information content (AvgIpc) is 2.59. The van der Waals surface area contributed by atoms with Crippen LogP contribution in [-0.4, -0.2) is 40.4 Å². The van der Waals surface area contributed by atoms with Gasteiger partial charge in [0.25, 0.3) is 0 Å². The molecule has 0 amide bonds. The van der Waals surface area contributed by atoms with E-state index in [0.29, 0.717) is 6.04 Å². The van der Waals surface area contributed by atoms with Crippen LogP contribution in [0.5, 0.6) is 0 Å². The van der Waals surface area contributed by atoms with Crippen LogP contribution < -0.4 is 0 Å². The summed E-state index contributed by atoms with van der Waals surface area (Å²) in [5.74, 6) is 1.15. The summed E-state index contributed by atoms with van der Waals surface area (Å²) in [7, 11) is 4.18. The third-order valence-corrected chi connectivity index (χ3v) is 3.13. The van der Waals surface area contributed by atoms with Crippen LogP contribution in [0.2, 0.25) is 0 Å². The van der Waals surface area contributed by atoms with E-state index in [1.165, 1.54) is 0 Å². The zero-order valence-corrected chi connectivity index (χ0v) is 9.53. The van der Waals surface area contributed by atoms with Crippen LogP contribution >= 0.6 is 0 Å². The molecule has 0 aromatic carbocycles. The fourth-order valence-corrected chi connectivity index (χ4v) is 2.14. The molecule has 1 aromatic heterocycles. The molecule has 4 nitrogen and oxygen atoms in total. The van der Waals surface area contributed by atoms with Crippen molar-refractivity contribution in [3.05, 3.63) is 17.7 Å². The van der Waals surface area contributed by atoms with Crippen molar-refractivity contribution in [1.82, 2.24) is 14.5 Å². The predicted octanol–water partition coefficient (Wildman–Crippen LogP) is 0.962. The number of fused-ring (bicyclic) bond motifs is 1. The molecule has 1 atom stereocenters. The molecule has 0 N–H and O–H groups in total. The first-order valence-corrected chi connectivity index (χ1v) is 5.31. The van der Waals surface area contributed by atoms with Crippen LogP contribution in [0.15, 0.2) is 6.20 Å². The highest BCUT2D eigenvalue weighted by molar-refractivity contribution is 5.92. The highest BCUT2D eigenvalue weighted by Crippen LogP contribution is 2.19. The van der Waals surface area contributed by atoms with Gasteiger partial charge in [-0.05, 0) is 20.5 Å². The molecule has 0 aliphatic carbocycles. The molecule has 0 saturated carbocycles. The summed E-state index contributed by atoms with van der Waals surface area (Å²) in [5, 5.41) is 0. The van der Waals surface area contributed by atoms with Crippen LogP contribution in [0, 0.1) is 0 Å². The molecule has 0 saturated heterocycles. The van der Waals surface area contributed by atoms with Gasteiger partial charge in [-0.15, -0.1) is 0 Å². The second-order valence-corrected chi connectivity index (χ2v) is 4.38. The molecule has 1 aliphatic rings. The molecule has 1 unspecified atom stereocenters. The quantitative estimate of drug-likeness (QED) is 0.678. The number of aromatic nitrogens is 2. The zero-order chi connectivity index (χ0) is 11.0.